The van der Waals surface area contributed by atoms with Gasteiger partial charge in [-0.1, -0.05) is 213 Å². The van der Waals surface area contributed by atoms with Gasteiger partial charge in [0.2, 0.25) is 0 Å². The molecule has 0 saturated heterocycles. The number of phosphoric acid groups is 1. The summed E-state index contributed by atoms with van der Waals surface area (Å²) in [6.07, 6.45) is 68.5. The molecule has 0 aliphatic rings. The summed E-state index contributed by atoms with van der Waals surface area (Å²) in [5, 5.41) is 0. The monoisotopic (exact) mass is 982 g/mol. The molecule has 2 unspecified atom stereocenters. The van der Waals surface area contributed by atoms with Crippen LogP contribution in [0, 0.1) is 0 Å². The molecule has 10 heteroatoms. The number of unbranched alkanes of at least 4 members (excludes halogenated alkanes) is 16. The number of allylic oxidation sites excluding steroid dienone is 18. The number of rotatable bonds is 48. The molecule has 0 aromatic rings. The molecule has 0 rings (SSSR count). The fraction of sp³-hybridized carbons (Fsp3) is 0.661. The number of quaternary nitrogens is 1. The molecule has 0 saturated carbocycles. The molecule has 0 amide bonds. The summed E-state index contributed by atoms with van der Waals surface area (Å²) in [4.78, 5) is 37.6. The molecule has 9 nitrogen and oxygen atoms in total. The topological polar surface area (TPSA) is 111 Å². The third kappa shape index (κ3) is 53.9. The Bertz CT molecular complexity index is 1530. The predicted octanol–water partition coefficient (Wildman–Crippen LogP) is 16.0. The zero-order valence-electron chi connectivity index (χ0n) is 44.5. The third-order valence-electron chi connectivity index (χ3n) is 11.1. The van der Waals surface area contributed by atoms with Crippen LogP contribution >= 0.6 is 7.82 Å². The van der Waals surface area contributed by atoms with Crippen LogP contribution in [0.3, 0.4) is 0 Å². The molecule has 69 heavy (non-hydrogen) atoms. The van der Waals surface area contributed by atoms with Crippen molar-refractivity contribution in [2.24, 2.45) is 0 Å². The molecule has 0 aromatic carbocycles. The Hall–Kier alpha value is -3.33. The number of likely N-dealkylation sites (N-methyl/N-ethyl adjacent to an activating group) is 1. The van der Waals surface area contributed by atoms with E-state index < -0.39 is 32.5 Å². The van der Waals surface area contributed by atoms with Crippen molar-refractivity contribution in [2.75, 3.05) is 47.5 Å². The van der Waals surface area contributed by atoms with Gasteiger partial charge in [0.1, 0.15) is 19.8 Å². The predicted molar refractivity (Wildman–Crippen MR) is 291 cm³/mol. The number of ether oxygens (including phenoxy) is 2. The maximum Gasteiger partial charge on any atom is 0.306 e. The zero-order chi connectivity index (χ0) is 50.6. The van der Waals surface area contributed by atoms with E-state index in [4.69, 9.17) is 18.5 Å². The van der Waals surface area contributed by atoms with Crippen molar-refractivity contribution in [3.8, 4) is 0 Å². The molecule has 0 bridgehead atoms. The van der Waals surface area contributed by atoms with Crippen molar-refractivity contribution in [1.29, 1.82) is 0 Å². The van der Waals surface area contributed by atoms with Crippen molar-refractivity contribution in [3.05, 3.63) is 109 Å². The van der Waals surface area contributed by atoms with Gasteiger partial charge in [-0.15, -0.1) is 0 Å². The minimum absolute atomic E-state index is 0.0375. The minimum atomic E-state index is -4.64. The summed E-state index contributed by atoms with van der Waals surface area (Å²) in [6.45, 7) is 4.07. The summed E-state index contributed by atoms with van der Waals surface area (Å²) in [7, 11) is 1.14. The smallest absolute Gasteiger partial charge is 0.306 e. The fourth-order valence-electron chi connectivity index (χ4n) is 6.88. The maximum absolute atomic E-state index is 12.7. The zero-order valence-corrected chi connectivity index (χ0v) is 45.4. The van der Waals surface area contributed by atoms with E-state index in [0.717, 1.165) is 103 Å². The minimum Gasteiger partial charge on any atom is -0.756 e. The van der Waals surface area contributed by atoms with E-state index in [9.17, 15) is 19.0 Å². The highest BCUT2D eigenvalue weighted by Crippen LogP contribution is 2.38. The fourth-order valence-corrected chi connectivity index (χ4v) is 7.61. The Morgan fingerprint density at radius 3 is 1.23 bits per heavy atom. The molecule has 0 radical (unpaired) electrons. The Balaban J connectivity index is 4.14. The van der Waals surface area contributed by atoms with Crippen LogP contribution in [0.2, 0.25) is 0 Å². The van der Waals surface area contributed by atoms with Crippen molar-refractivity contribution in [3.63, 3.8) is 0 Å². The highest BCUT2D eigenvalue weighted by atomic mass is 31.2. The standard InChI is InChI=1S/C59H100NO8P/c1-6-8-10-12-14-16-18-19-20-21-22-23-24-25-26-27-28-29-30-31-32-33-34-35-36-37-38-39-40-41-42-44-46-48-50-52-59(62)68-57(56-67-69(63,64)66-54-53-60(3,4)5)55-65-58(61)51-49-47-45-43-17-15-13-11-9-7-2/h8,10,14,16,19-20,22-23,25-26,28-29,31-32,34-35,37-38,57H,6-7,9,11-13,15,17-18,21,24,27,30,33,36,39-56H2,1-5H3/b10-8-,16-14-,20-19-,23-22-,26-25-,29-28-,32-31-,35-34-,38-37-. The highest BCUT2D eigenvalue weighted by Gasteiger charge is 2.21. The molecule has 0 aliphatic heterocycles. The van der Waals surface area contributed by atoms with E-state index in [2.05, 4.69) is 123 Å². The molecule has 0 heterocycles. The van der Waals surface area contributed by atoms with Crippen molar-refractivity contribution < 1.29 is 42.1 Å². The van der Waals surface area contributed by atoms with E-state index in [1.807, 2.05) is 21.1 Å². The van der Waals surface area contributed by atoms with Crippen molar-refractivity contribution in [1.82, 2.24) is 0 Å². The lowest BCUT2D eigenvalue weighted by atomic mass is 10.1. The van der Waals surface area contributed by atoms with E-state index >= 15 is 0 Å². The van der Waals surface area contributed by atoms with Gasteiger partial charge in [-0.25, -0.2) is 0 Å². The normalized spacial score (nSPS) is 14.2. The van der Waals surface area contributed by atoms with Crippen molar-refractivity contribution in [2.45, 2.75) is 206 Å². The van der Waals surface area contributed by atoms with Crippen LogP contribution in [-0.4, -0.2) is 70.0 Å². The molecule has 0 spiro atoms. The van der Waals surface area contributed by atoms with Crippen LogP contribution in [0.4, 0.5) is 0 Å². The number of carbonyl (C=O) groups excluding carboxylic acids is 2. The number of nitrogens with zero attached hydrogens (tertiary/aromatic N) is 1. The van der Waals surface area contributed by atoms with Crippen LogP contribution in [0.5, 0.6) is 0 Å². The second kappa shape index (κ2) is 49.6. The summed E-state index contributed by atoms with van der Waals surface area (Å²) < 4.78 is 34.0. The molecular weight excluding hydrogens is 882 g/mol. The molecule has 0 aliphatic carbocycles. The maximum atomic E-state index is 12.7. The van der Waals surface area contributed by atoms with E-state index in [-0.39, 0.29) is 26.1 Å². The van der Waals surface area contributed by atoms with Crippen molar-refractivity contribution >= 4 is 19.8 Å². The molecule has 0 fully saturated rings. The quantitative estimate of drug-likeness (QED) is 0.0195. The molecular formula is C59H100NO8P. The molecule has 394 valence electrons. The van der Waals surface area contributed by atoms with E-state index in [1.54, 1.807) is 0 Å². The number of hydrogen-bond acceptors (Lipinski definition) is 8. The van der Waals surface area contributed by atoms with Gasteiger partial charge >= 0.3 is 11.9 Å². The second-order valence-electron chi connectivity index (χ2n) is 18.9. The number of carbonyl (C=O) groups is 2. The Labute approximate surface area is 423 Å². The highest BCUT2D eigenvalue weighted by molar-refractivity contribution is 7.45. The average Bonchev–Trinajstić information content (AvgIpc) is 3.31. The summed E-state index contributed by atoms with van der Waals surface area (Å²) in [6, 6.07) is 0. The Morgan fingerprint density at radius 2 is 0.826 bits per heavy atom. The van der Waals surface area contributed by atoms with Crippen LogP contribution < -0.4 is 4.89 Å². The van der Waals surface area contributed by atoms with Gasteiger partial charge in [-0.05, 0) is 83.5 Å². The van der Waals surface area contributed by atoms with Gasteiger partial charge in [0.15, 0.2) is 6.10 Å². The third-order valence-corrected chi connectivity index (χ3v) is 12.0. The first kappa shape index (κ1) is 65.7. The lowest BCUT2D eigenvalue weighted by Gasteiger charge is -2.28. The van der Waals surface area contributed by atoms with E-state index in [0.29, 0.717) is 17.4 Å². The second-order valence-corrected chi connectivity index (χ2v) is 20.3. The molecule has 0 aromatic heterocycles. The lowest BCUT2D eigenvalue weighted by Crippen LogP contribution is -2.37. The first-order chi connectivity index (χ1) is 33.5. The van der Waals surface area contributed by atoms with E-state index in [1.165, 1.54) is 64.2 Å². The van der Waals surface area contributed by atoms with Crippen LogP contribution in [0.1, 0.15) is 200 Å². The average molecular weight is 982 g/mol. The number of phosphoric ester groups is 1. The van der Waals surface area contributed by atoms with Gasteiger partial charge in [0.05, 0.1) is 27.7 Å². The first-order valence-corrected chi connectivity index (χ1v) is 28.6. The van der Waals surface area contributed by atoms with Gasteiger partial charge in [0, 0.05) is 12.8 Å². The Morgan fingerprint density at radius 1 is 0.464 bits per heavy atom. The number of hydrogen-bond donors (Lipinski definition) is 0. The molecule has 2 atom stereocenters. The Kier molecular flexibility index (Phi) is 47.2. The van der Waals surface area contributed by atoms with Gasteiger partial charge in [-0.3, -0.25) is 14.2 Å². The summed E-state index contributed by atoms with van der Waals surface area (Å²) in [5.41, 5.74) is 0. The summed E-state index contributed by atoms with van der Waals surface area (Å²) >= 11 is 0. The number of esters is 2. The lowest BCUT2D eigenvalue weighted by molar-refractivity contribution is -0.870. The van der Waals surface area contributed by atoms with Gasteiger partial charge < -0.3 is 27.9 Å². The molecule has 0 N–H and O–H groups in total. The van der Waals surface area contributed by atoms with Crippen LogP contribution in [0.15, 0.2) is 109 Å². The SMILES string of the molecule is CC/C=C\C/C=C\C/C=C\C/C=C\C/C=C\C/C=C\C/C=C\C/C=C\C/C=C\CCCCCCCCCC(=O)OC(COC(=O)CCCCCCCCCCCC)COP(=O)([O-])OCC[N+](C)(C)C. The van der Waals surface area contributed by atoms with Gasteiger partial charge in [-0.2, -0.15) is 0 Å². The summed E-state index contributed by atoms with van der Waals surface area (Å²) in [5.74, 6) is -0.854. The first-order valence-electron chi connectivity index (χ1n) is 27.1. The van der Waals surface area contributed by atoms with Crippen LogP contribution in [0.25, 0.3) is 0 Å². The largest absolute Gasteiger partial charge is 0.756 e. The van der Waals surface area contributed by atoms with Gasteiger partial charge in [0.25, 0.3) is 7.82 Å². The van der Waals surface area contributed by atoms with Crippen LogP contribution in [-0.2, 0) is 32.7 Å².